The van der Waals surface area contributed by atoms with Crippen molar-refractivity contribution in [2.24, 2.45) is 0 Å². The number of alkyl halides is 1. The van der Waals surface area contributed by atoms with Crippen molar-refractivity contribution in [2.45, 2.75) is 25.3 Å². The summed E-state index contributed by atoms with van der Waals surface area (Å²) in [6.45, 7) is 4.74. The molecule has 20 heavy (non-hydrogen) atoms. The summed E-state index contributed by atoms with van der Waals surface area (Å²) in [5, 5.41) is -0.218. The molecule has 1 atom stereocenters. The summed E-state index contributed by atoms with van der Waals surface area (Å²) in [6.07, 6.45) is 0.0759. The normalized spacial score (nSPS) is 12.3. The fraction of sp³-hybridized carbons (Fsp3) is 0.533. The number of ether oxygens (including phenoxy) is 2. The maximum Gasteiger partial charge on any atom is 0.253 e. The minimum atomic E-state index is -0.218. The van der Waals surface area contributed by atoms with Crippen molar-refractivity contribution >= 4 is 17.5 Å². The van der Waals surface area contributed by atoms with Crippen LogP contribution in [-0.2, 0) is 4.74 Å². The topological polar surface area (TPSA) is 38.8 Å². The molecule has 1 aromatic carbocycles. The van der Waals surface area contributed by atoms with Gasteiger partial charge in [0.25, 0.3) is 5.91 Å². The van der Waals surface area contributed by atoms with Gasteiger partial charge in [-0.3, -0.25) is 4.79 Å². The summed E-state index contributed by atoms with van der Waals surface area (Å²) in [5.74, 6) is 0.611. The molecule has 5 heteroatoms. The lowest BCUT2D eigenvalue weighted by molar-refractivity contribution is 0.0781. The van der Waals surface area contributed by atoms with Crippen LogP contribution in [0.25, 0.3) is 0 Å². The Labute approximate surface area is 125 Å². The zero-order valence-electron chi connectivity index (χ0n) is 12.4. The predicted octanol–water partition coefficient (Wildman–Crippen LogP) is 2.80. The molecule has 112 valence electrons. The standard InChI is InChI=1S/C15H22ClNO3/c1-11(2)20-14-7-5-6-12(8-14)15(18)17(3)9-13(16)10-19-4/h5-8,11,13H,9-10H2,1-4H3. The molecule has 0 aliphatic carbocycles. The number of carbonyl (C=O) groups is 1. The number of carbonyl (C=O) groups excluding carboxylic acids is 1. The van der Waals surface area contributed by atoms with Crippen molar-refractivity contribution in [3.05, 3.63) is 29.8 Å². The number of benzene rings is 1. The van der Waals surface area contributed by atoms with Crippen molar-refractivity contribution in [1.29, 1.82) is 0 Å². The molecule has 0 radical (unpaired) electrons. The smallest absolute Gasteiger partial charge is 0.253 e. The molecule has 0 aliphatic heterocycles. The van der Waals surface area contributed by atoms with Crippen LogP contribution < -0.4 is 4.74 Å². The van der Waals surface area contributed by atoms with E-state index in [-0.39, 0.29) is 17.4 Å². The van der Waals surface area contributed by atoms with Gasteiger partial charge in [-0.05, 0) is 32.0 Å². The number of rotatable bonds is 7. The molecule has 0 saturated heterocycles. The Morgan fingerprint density at radius 3 is 2.70 bits per heavy atom. The molecule has 1 amide bonds. The van der Waals surface area contributed by atoms with E-state index in [2.05, 4.69) is 0 Å². The van der Waals surface area contributed by atoms with E-state index >= 15 is 0 Å². The van der Waals surface area contributed by atoms with Gasteiger partial charge in [-0.1, -0.05) is 6.07 Å². The van der Waals surface area contributed by atoms with E-state index in [1.807, 2.05) is 26.0 Å². The first-order valence-electron chi connectivity index (χ1n) is 6.59. The van der Waals surface area contributed by atoms with E-state index in [1.165, 1.54) is 0 Å². The van der Waals surface area contributed by atoms with Gasteiger partial charge in [-0.2, -0.15) is 0 Å². The first kappa shape index (κ1) is 16.8. The Morgan fingerprint density at radius 1 is 1.40 bits per heavy atom. The molecular weight excluding hydrogens is 278 g/mol. The van der Waals surface area contributed by atoms with Gasteiger partial charge in [0.05, 0.1) is 18.1 Å². The highest BCUT2D eigenvalue weighted by Gasteiger charge is 2.16. The van der Waals surface area contributed by atoms with Crippen LogP contribution in [0.4, 0.5) is 0 Å². The largest absolute Gasteiger partial charge is 0.491 e. The Morgan fingerprint density at radius 2 is 2.10 bits per heavy atom. The number of halogens is 1. The monoisotopic (exact) mass is 299 g/mol. The van der Waals surface area contributed by atoms with Crippen LogP contribution >= 0.6 is 11.6 Å². The number of hydrogen-bond donors (Lipinski definition) is 0. The van der Waals surface area contributed by atoms with E-state index in [0.717, 1.165) is 0 Å². The minimum Gasteiger partial charge on any atom is -0.491 e. The van der Waals surface area contributed by atoms with Gasteiger partial charge in [-0.25, -0.2) is 0 Å². The van der Waals surface area contributed by atoms with Crippen molar-refractivity contribution in [3.8, 4) is 5.75 Å². The summed E-state index contributed by atoms with van der Waals surface area (Å²) >= 11 is 6.06. The molecule has 0 fully saturated rings. The third kappa shape index (κ3) is 5.39. The fourth-order valence-corrected chi connectivity index (χ4v) is 2.14. The number of amides is 1. The van der Waals surface area contributed by atoms with Gasteiger partial charge in [0.15, 0.2) is 0 Å². The van der Waals surface area contributed by atoms with E-state index in [1.54, 1.807) is 31.2 Å². The van der Waals surface area contributed by atoms with E-state index in [4.69, 9.17) is 21.1 Å². The number of methoxy groups -OCH3 is 1. The zero-order chi connectivity index (χ0) is 15.1. The number of nitrogens with zero attached hydrogens (tertiary/aromatic N) is 1. The Bertz CT molecular complexity index is 437. The highest BCUT2D eigenvalue weighted by atomic mass is 35.5. The molecule has 0 aromatic heterocycles. The van der Waals surface area contributed by atoms with Crippen LogP contribution in [0, 0.1) is 0 Å². The highest BCUT2D eigenvalue weighted by molar-refractivity contribution is 6.21. The quantitative estimate of drug-likeness (QED) is 0.727. The lowest BCUT2D eigenvalue weighted by atomic mass is 10.2. The maximum atomic E-state index is 12.3. The number of hydrogen-bond acceptors (Lipinski definition) is 3. The molecule has 0 bridgehead atoms. The van der Waals surface area contributed by atoms with Crippen molar-refractivity contribution in [3.63, 3.8) is 0 Å². The Kier molecular flexibility index (Phi) is 6.82. The van der Waals surface area contributed by atoms with Crippen LogP contribution in [0.15, 0.2) is 24.3 Å². The maximum absolute atomic E-state index is 12.3. The second-order valence-corrected chi connectivity index (χ2v) is 5.55. The second kappa shape index (κ2) is 8.12. The molecular formula is C15H22ClNO3. The summed E-state index contributed by atoms with van der Waals surface area (Å²) < 4.78 is 10.6. The van der Waals surface area contributed by atoms with Crippen LogP contribution in [0.1, 0.15) is 24.2 Å². The molecule has 1 rings (SSSR count). The molecule has 0 N–H and O–H groups in total. The molecule has 1 aromatic rings. The van der Waals surface area contributed by atoms with Gasteiger partial charge in [0.1, 0.15) is 5.75 Å². The van der Waals surface area contributed by atoms with Crippen molar-refractivity contribution < 1.29 is 14.3 Å². The van der Waals surface area contributed by atoms with Gasteiger partial charge in [0, 0.05) is 26.3 Å². The van der Waals surface area contributed by atoms with Crippen LogP contribution in [0.5, 0.6) is 5.75 Å². The van der Waals surface area contributed by atoms with Gasteiger partial charge < -0.3 is 14.4 Å². The minimum absolute atomic E-state index is 0.0759. The van der Waals surface area contributed by atoms with Crippen molar-refractivity contribution in [2.75, 3.05) is 27.3 Å². The molecule has 4 nitrogen and oxygen atoms in total. The SMILES string of the molecule is COCC(Cl)CN(C)C(=O)c1cccc(OC(C)C)c1. The average molecular weight is 300 g/mol. The van der Waals surface area contributed by atoms with Gasteiger partial charge >= 0.3 is 0 Å². The fourth-order valence-electron chi connectivity index (χ4n) is 1.81. The first-order chi connectivity index (χ1) is 9.43. The lowest BCUT2D eigenvalue weighted by Gasteiger charge is -2.20. The molecule has 0 saturated carbocycles. The van der Waals surface area contributed by atoms with E-state index < -0.39 is 0 Å². The average Bonchev–Trinajstić information content (AvgIpc) is 2.37. The van der Waals surface area contributed by atoms with E-state index in [0.29, 0.717) is 24.5 Å². The van der Waals surface area contributed by atoms with Crippen molar-refractivity contribution in [1.82, 2.24) is 4.90 Å². The summed E-state index contributed by atoms with van der Waals surface area (Å²) in [5.41, 5.74) is 0.590. The molecule has 0 spiro atoms. The second-order valence-electron chi connectivity index (χ2n) is 4.93. The van der Waals surface area contributed by atoms with Gasteiger partial charge in [0.2, 0.25) is 0 Å². The van der Waals surface area contributed by atoms with Gasteiger partial charge in [-0.15, -0.1) is 11.6 Å². The summed E-state index contributed by atoms with van der Waals surface area (Å²) in [4.78, 5) is 13.9. The highest BCUT2D eigenvalue weighted by Crippen LogP contribution is 2.16. The predicted molar refractivity (Wildman–Crippen MR) is 80.7 cm³/mol. The Balaban J connectivity index is 2.71. The lowest BCUT2D eigenvalue weighted by Crippen LogP contribution is -2.33. The third-order valence-corrected chi connectivity index (χ3v) is 2.88. The van der Waals surface area contributed by atoms with E-state index in [9.17, 15) is 4.79 Å². The van der Waals surface area contributed by atoms with Crippen LogP contribution in [-0.4, -0.2) is 49.6 Å². The van der Waals surface area contributed by atoms with Crippen LogP contribution in [0.2, 0.25) is 0 Å². The molecule has 0 heterocycles. The van der Waals surface area contributed by atoms with Crippen LogP contribution in [0.3, 0.4) is 0 Å². The third-order valence-electron chi connectivity index (χ3n) is 2.62. The Hall–Kier alpha value is -1.26. The first-order valence-corrected chi connectivity index (χ1v) is 7.03. The summed E-state index contributed by atoms with van der Waals surface area (Å²) in [7, 11) is 3.31. The zero-order valence-corrected chi connectivity index (χ0v) is 13.2. The molecule has 0 aliphatic rings. The summed E-state index contributed by atoms with van der Waals surface area (Å²) in [6, 6.07) is 7.17. The molecule has 1 unspecified atom stereocenters.